The van der Waals surface area contributed by atoms with Gasteiger partial charge in [0.1, 0.15) is 0 Å². The average Bonchev–Trinajstić information content (AvgIpc) is 2.53. The monoisotopic (exact) mass is 300 g/mol. The van der Waals surface area contributed by atoms with E-state index in [4.69, 9.17) is 23.2 Å². The van der Waals surface area contributed by atoms with Crippen LogP contribution in [0.1, 0.15) is 27.7 Å². The van der Waals surface area contributed by atoms with Crippen LogP contribution in [0.4, 0.5) is 5.69 Å². The number of nitrogens with one attached hydrogen (secondary N) is 1. The largest absolute Gasteiger partial charge is 0.294 e. The van der Waals surface area contributed by atoms with Crippen LogP contribution >= 0.6 is 23.2 Å². The second-order valence-electron chi connectivity index (χ2n) is 5.99. The normalized spacial score (nSPS) is 24.1. The Kier molecular flexibility index (Phi) is 3.83. The maximum absolute atomic E-state index is 12.4. The van der Waals surface area contributed by atoms with Crippen molar-refractivity contribution in [2.24, 2.45) is 5.41 Å². The summed E-state index contributed by atoms with van der Waals surface area (Å²) < 4.78 is 0. The zero-order valence-corrected chi connectivity index (χ0v) is 13.0. The van der Waals surface area contributed by atoms with E-state index in [1.54, 1.807) is 23.1 Å². The van der Waals surface area contributed by atoms with Crippen molar-refractivity contribution >= 4 is 34.8 Å². The summed E-state index contributed by atoms with van der Waals surface area (Å²) in [6.07, 6.45) is -0.0791. The standard InChI is InChI=1S/C14H18Cl2N2O/c1-8-12(19)18(13(17-8)14(2,3)4)11-6-9(15)5-10(16)7-11/h5-8,13,17H,1-4H3. The molecule has 1 amide bonds. The number of benzene rings is 1. The van der Waals surface area contributed by atoms with Gasteiger partial charge in [0, 0.05) is 15.7 Å². The Labute approximate surface area is 123 Å². The average molecular weight is 301 g/mol. The molecule has 0 bridgehead atoms. The number of amides is 1. The molecule has 1 aromatic rings. The van der Waals surface area contributed by atoms with Crippen LogP contribution in [0.15, 0.2) is 18.2 Å². The zero-order valence-electron chi connectivity index (χ0n) is 11.5. The zero-order chi connectivity index (χ0) is 14.4. The second kappa shape index (κ2) is 4.97. The van der Waals surface area contributed by atoms with E-state index < -0.39 is 0 Å². The Balaban J connectivity index is 2.47. The van der Waals surface area contributed by atoms with E-state index in [1.807, 2.05) is 6.92 Å². The fourth-order valence-corrected chi connectivity index (χ4v) is 2.82. The van der Waals surface area contributed by atoms with Crippen LogP contribution in [0.25, 0.3) is 0 Å². The molecule has 2 rings (SSSR count). The smallest absolute Gasteiger partial charge is 0.245 e. The molecule has 1 aliphatic rings. The van der Waals surface area contributed by atoms with Gasteiger partial charge in [-0.05, 0) is 30.5 Å². The molecule has 1 saturated heterocycles. The Bertz CT molecular complexity index is 490. The minimum atomic E-state index is -0.206. The molecule has 1 N–H and O–H groups in total. The van der Waals surface area contributed by atoms with Crippen molar-refractivity contribution in [2.75, 3.05) is 4.90 Å². The molecular weight excluding hydrogens is 283 g/mol. The third kappa shape index (κ3) is 2.88. The number of carbonyl (C=O) groups is 1. The van der Waals surface area contributed by atoms with E-state index in [0.29, 0.717) is 10.0 Å². The molecule has 1 aliphatic heterocycles. The molecule has 0 spiro atoms. The van der Waals surface area contributed by atoms with Gasteiger partial charge in [0.15, 0.2) is 0 Å². The number of carbonyl (C=O) groups excluding carboxylic acids is 1. The number of rotatable bonds is 1. The van der Waals surface area contributed by atoms with Crippen LogP contribution in [-0.4, -0.2) is 18.1 Å². The fraction of sp³-hybridized carbons (Fsp3) is 0.500. The number of hydrogen-bond donors (Lipinski definition) is 1. The van der Waals surface area contributed by atoms with Gasteiger partial charge in [0.2, 0.25) is 5.91 Å². The quantitative estimate of drug-likeness (QED) is 0.858. The van der Waals surface area contributed by atoms with Crippen molar-refractivity contribution < 1.29 is 4.79 Å². The number of halogens is 2. The summed E-state index contributed by atoms with van der Waals surface area (Å²) in [5.74, 6) is 0.0401. The lowest BCUT2D eigenvalue weighted by Gasteiger charge is -2.34. The Morgan fingerprint density at radius 3 is 2.16 bits per heavy atom. The van der Waals surface area contributed by atoms with Crippen LogP contribution in [-0.2, 0) is 4.79 Å². The van der Waals surface area contributed by atoms with Gasteiger partial charge in [-0.3, -0.25) is 15.0 Å². The SMILES string of the molecule is CC1NC(C(C)(C)C)N(c2cc(Cl)cc(Cl)c2)C1=O. The van der Waals surface area contributed by atoms with Gasteiger partial charge in [-0.2, -0.15) is 0 Å². The molecule has 2 unspecified atom stereocenters. The van der Waals surface area contributed by atoms with Gasteiger partial charge < -0.3 is 0 Å². The van der Waals surface area contributed by atoms with Gasteiger partial charge in [-0.15, -0.1) is 0 Å². The maximum atomic E-state index is 12.4. The predicted molar refractivity (Wildman–Crippen MR) is 79.8 cm³/mol. The van der Waals surface area contributed by atoms with Crippen molar-refractivity contribution in [3.8, 4) is 0 Å². The first kappa shape index (κ1) is 14.6. The molecule has 1 aromatic carbocycles. The molecule has 5 heteroatoms. The minimum absolute atomic E-state index is 0.0401. The summed E-state index contributed by atoms with van der Waals surface area (Å²) in [6, 6.07) is 4.99. The highest BCUT2D eigenvalue weighted by Gasteiger charge is 2.43. The molecule has 3 nitrogen and oxygen atoms in total. The van der Waals surface area contributed by atoms with Gasteiger partial charge in [0.05, 0.1) is 12.2 Å². The van der Waals surface area contributed by atoms with Crippen molar-refractivity contribution in [2.45, 2.75) is 39.9 Å². The molecule has 1 heterocycles. The lowest BCUT2D eigenvalue weighted by molar-refractivity contribution is -0.118. The van der Waals surface area contributed by atoms with Crippen LogP contribution < -0.4 is 10.2 Å². The predicted octanol–water partition coefficient (Wildman–Crippen LogP) is 3.69. The highest BCUT2D eigenvalue weighted by atomic mass is 35.5. The van der Waals surface area contributed by atoms with Gasteiger partial charge >= 0.3 is 0 Å². The third-order valence-electron chi connectivity index (χ3n) is 3.22. The van der Waals surface area contributed by atoms with E-state index >= 15 is 0 Å². The van der Waals surface area contributed by atoms with E-state index in [2.05, 4.69) is 26.1 Å². The number of hydrogen-bond acceptors (Lipinski definition) is 2. The third-order valence-corrected chi connectivity index (χ3v) is 3.66. The Morgan fingerprint density at radius 2 is 1.68 bits per heavy atom. The van der Waals surface area contributed by atoms with Crippen molar-refractivity contribution in [1.82, 2.24) is 5.32 Å². The van der Waals surface area contributed by atoms with Gasteiger partial charge in [-0.25, -0.2) is 0 Å². The summed E-state index contributed by atoms with van der Waals surface area (Å²) in [6.45, 7) is 8.15. The molecule has 19 heavy (non-hydrogen) atoms. The van der Waals surface area contributed by atoms with E-state index in [-0.39, 0.29) is 23.5 Å². The first-order valence-corrected chi connectivity index (χ1v) is 7.01. The Hall–Kier alpha value is -0.770. The lowest BCUT2D eigenvalue weighted by atomic mass is 9.91. The highest BCUT2D eigenvalue weighted by molar-refractivity contribution is 6.35. The number of nitrogens with zero attached hydrogens (tertiary/aromatic N) is 1. The highest BCUT2D eigenvalue weighted by Crippen LogP contribution is 2.34. The molecule has 1 fully saturated rings. The van der Waals surface area contributed by atoms with Crippen molar-refractivity contribution in [3.63, 3.8) is 0 Å². The van der Waals surface area contributed by atoms with Crippen LogP contribution in [0.5, 0.6) is 0 Å². The Morgan fingerprint density at radius 1 is 1.16 bits per heavy atom. The molecule has 0 aliphatic carbocycles. The first-order chi connectivity index (χ1) is 8.70. The van der Waals surface area contributed by atoms with Crippen LogP contribution in [0.2, 0.25) is 10.0 Å². The maximum Gasteiger partial charge on any atom is 0.245 e. The van der Waals surface area contributed by atoms with E-state index in [0.717, 1.165) is 5.69 Å². The van der Waals surface area contributed by atoms with Gasteiger partial charge in [-0.1, -0.05) is 44.0 Å². The summed E-state index contributed by atoms with van der Waals surface area (Å²) >= 11 is 12.1. The summed E-state index contributed by atoms with van der Waals surface area (Å²) in [7, 11) is 0. The van der Waals surface area contributed by atoms with Gasteiger partial charge in [0.25, 0.3) is 0 Å². The van der Waals surface area contributed by atoms with E-state index in [9.17, 15) is 4.79 Å². The second-order valence-corrected chi connectivity index (χ2v) is 6.87. The van der Waals surface area contributed by atoms with Crippen molar-refractivity contribution in [1.29, 1.82) is 0 Å². The van der Waals surface area contributed by atoms with Crippen molar-refractivity contribution in [3.05, 3.63) is 28.2 Å². The topological polar surface area (TPSA) is 32.3 Å². The fourth-order valence-electron chi connectivity index (χ4n) is 2.31. The molecule has 0 radical (unpaired) electrons. The summed E-state index contributed by atoms with van der Waals surface area (Å²) in [5, 5.41) is 4.38. The molecule has 104 valence electrons. The lowest BCUT2D eigenvalue weighted by Crippen LogP contribution is -2.47. The molecule has 0 aromatic heterocycles. The molecule has 2 atom stereocenters. The van der Waals surface area contributed by atoms with E-state index in [1.165, 1.54) is 0 Å². The molecular formula is C14H18Cl2N2O. The summed E-state index contributed by atoms with van der Waals surface area (Å²) in [4.78, 5) is 14.1. The number of anilines is 1. The van der Waals surface area contributed by atoms with Crippen LogP contribution in [0, 0.1) is 5.41 Å². The molecule has 0 saturated carbocycles. The summed E-state index contributed by atoms with van der Waals surface area (Å²) in [5.41, 5.74) is 0.647. The minimum Gasteiger partial charge on any atom is -0.294 e. The first-order valence-electron chi connectivity index (χ1n) is 6.25. The van der Waals surface area contributed by atoms with Crippen LogP contribution in [0.3, 0.4) is 0 Å².